The average molecular weight is 406 g/mol. The van der Waals surface area contributed by atoms with E-state index in [1.165, 1.54) is 5.56 Å². The van der Waals surface area contributed by atoms with Gasteiger partial charge in [-0.3, -0.25) is 9.80 Å². The zero-order valence-electron chi connectivity index (χ0n) is 16.7. The van der Waals surface area contributed by atoms with Gasteiger partial charge >= 0.3 is 0 Å². The fourth-order valence-corrected chi connectivity index (χ4v) is 3.44. The van der Waals surface area contributed by atoms with Crippen molar-refractivity contribution in [1.82, 2.24) is 30.1 Å². The second kappa shape index (κ2) is 8.21. The van der Waals surface area contributed by atoms with E-state index in [0.717, 1.165) is 31.7 Å². The van der Waals surface area contributed by atoms with Crippen LogP contribution in [0.15, 0.2) is 56.0 Å². The van der Waals surface area contributed by atoms with E-state index in [9.17, 15) is 0 Å². The molecule has 0 atom stereocenters. The highest BCUT2D eigenvalue weighted by Crippen LogP contribution is 2.20. The van der Waals surface area contributed by atoms with Crippen LogP contribution in [0.25, 0.3) is 23.0 Å². The lowest BCUT2D eigenvalue weighted by atomic mass is 10.1. The number of nitrogens with zero attached hydrogens (tertiary/aromatic N) is 6. The van der Waals surface area contributed by atoms with Crippen LogP contribution in [0.1, 0.15) is 17.3 Å². The molecule has 0 amide bonds. The van der Waals surface area contributed by atoms with Crippen LogP contribution in [-0.4, -0.2) is 56.3 Å². The Labute approximate surface area is 173 Å². The van der Waals surface area contributed by atoms with Gasteiger partial charge in [-0.15, -0.1) is 10.2 Å². The molecule has 0 spiro atoms. The van der Waals surface area contributed by atoms with E-state index in [1.54, 1.807) is 18.4 Å². The third-order valence-corrected chi connectivity index (χ3v) is 5.16. The van der Waals surface area contributed by atoms with Crippen LogP contribution >= 0.6 is 0 Å². The van der Waals surface area contributed by atoms with Crippen LogP contribution in [0.4, 0.5) is 0 Å². The zero-order chi connectivity index (χ0) is 20.3. The topological polar surface area (TPSA) is 97.5 Å². The number of aryl methyl sites for hydroxylation is 1. The number of benzene rings is 1. The SMILES string of the molecule is Cc1ccc(-c2noc(CN3CCN(Cc4nnc(-c5ccco5)o4)CC3)n2)cc1. The molecule has 5 rings (SSSR count). The van der Waals surface area contributed by atoms with E-state index < -0.39 is 0 Å². The number of hydrogen-bond acceptors (Lipinski definition) is 9. The monoisotopic (exact) mass is 406 g/mol. The summed E-state index contributed by atoms with van der Waals surface area (Å²) >= 11 is 0. The van der Waals surface area contributed by atoms with Crippen LogP contribution < -0.4 is 0 Å². The van der Waals surface area contributed by atoms with Gasteiger partial charge in [0.25, 0.3) is 5.89 Å². The van der Waals surface area contributed by atoms with Gasteiger partial charge in [0.2, 0.25) is 17.6 Å². The predicted molar refractivity (Wildman–Crippen MR) is 107 cm³/mol. The second-order valence-corrected chi connectivity index (χ2v) is 7.41. The second-order valence-electron chi connectivity index (χ2n) is 7.41. The molecule has 0 aliphatic carbocycles. The Morgan fingerprint density at radius 3 is 2.33 bits per heavy atom. The molecule has 1 fully saturated rings. The van der Waals surface area contributed by atoms with Gasteiger partial charge in [-0.2, -0.15) is 4.98 Å². The standard InChI is InChI=1S/C21H22N6O3/c1-15-4-6-16(7-5-15)20-22-18(30-25-20)13-26-8-10-27(11-9-26)14-19-23-24-21(29-19)17-3-2-12-28-17/h2-7,12H,8-11,13-14H2,1H3. The Morgan fingerprint density at radius 2 is 1.63 bits per heavy atom. The Bertz CT molecular complexity index is 1080. The van der Waals surface area contributed by atoms with Crippen molar-refractivity contribution in [1.29, 1.82) is 0 Å². The van der Waals surface area contributed by atoms with E-state index >= 15 is 0 Å². The summed E-state index contributed by atoms with van der Waals surface area (Å²) in [4.78, 5) is 9.15. The third-order valence-electron chi connectivity index (χ3n) is 5.16. The molecule has 4 heterocycles. The number of furan rings is 1. The smallest absolute Gasteiger partial charge is 0.283 e. The van der Waals surface area contributed by atoms with Gasteiger partial charge in [-0.05, 0) is 19.1 Å². The first-order chi connectivity index (χ1) is 14.7. The molecule has 154 valence electrons. The minimum absolute atomic E-state index is 0.411. The molecule has 0 unspecified atom stereocenters. The van der Waals surface area contributed by atoms with Crippen LogP contribution in [0.5, 0.6) is 0 Å². The first-order valence-electron chi connectivity index (χ1n) is 9.93. The van der Waals surface area contributed by atoms with E-state index in [1.807, 2.05) is 24.3 Å². The molecule has 0 radical (unpaired) electrons. The number of piperazine rings is 1. The normalized spacial score (nSPS) is 15.6. The van der Waals surface area contributed by atoms with Crippen molar-refractivity contribution in [3.8, 4) is 23.0 Å². The minimum atomic E-state index is 0.411. The zero-order valence-corrected chi connectivity index (χ0v) is 16.7. The molecule has 1 saturated heterocycles. The summed E-state index contributed by atoms with van der Waals surface area (Å²) in [7, 11) is 0. The quantitative estimate of drug-likeness (QED) is 0.478. The van der Waals surface area contributed by atoms with Crippen molar-refractivity contribution >= 4 is 0 Å². The molecule has 30 heavy (non-hydrogen) atoms. The lowest BCUT2D eigenvalue weighted by molar-refractivity contribution is 0.106. The molecule has 1 aromatic carbocycles. The van der Waals surface area contributed by atoms with Crippen LogP contribution in [0.2, 0.25) is 0 Å². The van der Waals surface area contributed by atoms with Crippen molar-refractivity contribution in [2.45, 2.75) is 20.0 Å². The molecular formula is C21H22N6O3. The lowest BCUT2D eigenvalue weighted by Crippen LogP contribution is -2.45. The molecule has 1 aliphatic heterocycles. The fraction of sp³-hybridized carbons (Fsp3) is 0.333. The molecule has 3 aromatic heterocycles. The van der Waals surface area contributed by atoms with Crippen LogP contribution in [0, 0.1) is 6.92 Å². The summed E-state index contributed by atoms with van der Waals surface area (Å²) in [6.45, 7) is 6.94. The van der Waals surface area contributed by atoms with Crippen LogP contribution in [-0.2, 0) is 13.1 Å². The number of hydrogen-bond donors (Lipinski definition) is 0. The van der Waals surface area contributed by atoms with Gasteiger partial charge in [0.1, 0.15) is 0 Å². The summed E-state index contributed by atoms with van der Waals surface area (Å²) in [6, 6.07) is 11.7. The molecule has 9 nitrogen and oxygen atoms in total. The Hall–Kier alpha value is -3.30. The van der Waals surface area contributed by atoms with Crippen molar-refractivity contribution < 1.29 is 13.4 Å². The summed E-state index contributed by atoms with van der Waals surface area (Å²) in [5, 5.41) is 12.3. The first-order valence-corrected chi connectivity index (χ1v) is 9.93. The van der Waals surface area contributed by atoms with Gasteiger partial charge in [-0.25, -0.2) is 0 Å². The van der Waals surface area contributed by atoms with Crippen molar-refractivity contribution in [2.75, 3.05) is 26.2 Å². The fourth-order valence-electron chi connectivity index (χ4n) is 3.44. The summed E-state index contributed by atoms with van der Waals surface area (Å²) in [5.74, 6) is 2.86. The van der Waals surface area contributed by atoms with E-state index in [-0.39, 0.29) is 0 Å². The molecule has 0 saturated carbocycles. The van der Waals surface area contributed by atoms with Gasteiger partial charge in [0.05, 0.1) is 19.4 Å². The molecule has 0 bridgehead atoms. The van der Waals surface area contributed by atoms with Crippen molar-refractivity contribution in [2.24, 2.45) is 0 Å². The largest absolute Gasteiger partial charge is 0.459 e. The Kier molecular flexibility index (Phi) is 5.12. The maximum Gasteiger partial charge on any atom is 0.283 e. The minimum Gasteiger partial charge on any atom is -0.459 e. The molecular weight excluding hydrogens is 384 g/mol. The lowest BCUT2D eigenvalue weighted by Gasteiger charge is -2.32. The van der Waals surface area contributed by atoms with E-state index in [2.05, 4.69) is 37.1 Å². The number of aromatic nitrogens is 4. The average Bonchev–Trinajstić information content (AvgIpc) is 3.52. The Morgan fingerprint density at radius 1 is 0.900 bits per heavy atom. The van der Waals surface area contributed by atoms with Gasteiger partial charge in [-0.1, -0.05) is 35.0 Å². The molecule has 4 aromatic rings. The van der Waals surface area contributed by atoms with Crippen molar-refractivity contribution in [3.63, 3.8) is 0 Å². The van der Waals surface area contributed by atoms with E-state index in [0.29, 0.717) is 42.3 Å². The number of rotatable bonds is 6. The van der Waals surface area contributed by atoms with Gasteiger partial charge in [0.15, 0.2) is 5.76 Å². The molecule has 9 heteroatoms. The maximum atomic E-state index is 5.70. The third kappa shape index (κ3) is 4.17. The van der Waals surface area contributed by atoms with Gasteiger partial charge < -0.3 is 13.4 Å². The van der Waals surface area contributed by atoms with Crippen LogP contribution in [0.3, 0.4) is 0 Å². The first kappa shape index (κ1) is 18.7. The maximum absolute atomic E-state index is 5.70. The summed E-state index contributed by atoms with van der Waals surface area (Å²) < 4.78 is 16.4. The van der Waals surface area contributed by atoms with Crippen molar-refractivity contribution in [3.05, 3.63) is 60.0 Å². The predicted octanol–water partition coefficient (Wildman–Crippen LogP) is 3.01. The summed E-state index contributed by atoms with van der Waals surface area (Å²) in [5.41, 5.74) is 2.17. The molecule has 0 N–H and O–H groups in total. The highest BCUT2D eigenvalue weighted by atomic mass is 16.5. The van der Waals surface area contributed by atoms with Gasteiger partial charge in [0, 0.05) is 31.7 Å². The Balaban J connectivity index is 1.13. The highest BCUT2D eigenvalue weighted by molar-refractivity contribution is 5.54. The highest BCUT2D eigenvalue weighted by Gasteiger charge is 2.21. The summed E-state index contributed by atoms with van der Waals surface area (Å²) in [6.07, 6.45) is 1.59. The molecule has 1 aliphatic rings. The van der Waals surface area contributed by atoms with E-state index in [4.69, 9.17) is 13.4 Å².